The fourth-order valence-electron chi connectivity index (χ4n) is 11.2. The summed E-state index contributed by atoms with van der Waals surface area (Å²) in [5.74, 6) is -6.03. The second-order valence-corrected chi connectivity index (χ2v) is 25.7. The van der Waals surface area contributed by atoms with E-state index in [0.29, 0.717) is 25.9 Å². The highest BCUT2D eigenvalue weighted by Crippen LogP contribution is 2.36. The minimum absolute atomic E-state index is 0.00201. The first-order chi connectivity index (χ1) is 47.4. The number of carboxylic acids is 3. The summed E-state index contributed by atoms with van der Waals surface area (Å²) in [5, 5.41) is 46.3. The second kappa shape index (κ2) is 66.9. The molecule has 0 amide bonds. The molecule has 0 radical (unpaired) electrons. The number of aliphatic hydroxyl groups is 2. The van der Waals surface area contributed by atoms with Gasteiger partial charge in [0, 0.05) is 26.4 Å². The van der Waals surface area contributed by atoms with Crippen LogP contribution in [0.3, 0.4) is 0 Å². The van der Waals surface area contributed by atoms with Crippen molar-refractivity contribution in [1.29, 1.82) is 0 Å². The molecule has 1 aliphatic carbocycles. The zero-order valence-electron chi connectivity index (χ0n) is 61.9. The Bertz CT molecular complexity index is 2290. The molecule has 2 fully saturated rings. The number of aldehydes is 1. The van der Waals surface area contributed by atoms with Crippen LogP contribution in [-0.2, 0) is 62.3 Å². The fourth-order valence-corrected chi connectivity index (χ4v) is 11.2. The van der Waals surface area contributed by atoms with Crippen LogP contribution in [0.2, 0.25) is 0 Å². The van der Waals surface area contributed by atoms with Gasteiger partial charge in [0.25, 0.3) is 0 Å². The van der Waals surface area contributed by atoms with Gasteiger partial charge in [-0.05, 0) is 133 Å². The molecule has 2 aliphatic rings. The lowest BCUT2D eigenvalue weighted by molar-refractivity contribution is -0.274. The molecule has 98 heavy (non-hydrogen) atoms. The van der Waals surface area contributed by atoms with Gasteiger partial charge in [-0.3, -0.25) is 19.2 Å². The van der Waals surface area contributed by atoms with E-state index in [1.165, 1.54) is 69.1 Å². The van der Waals surface area contributed by atoms with Gasteiger partial charge in [0.2, 0.25) is 0 Å². The predicted octanol–water partition coefficient (Wildman–Crippen LogP) is 18.6. The van der Waals surface area contributed by atoms with E-state index < -0.39 is 66.3 Å². The maximum atomic E-state index is 12.0. The minimum atomic E-state index is -1.16. The number of Topliss-reactive ketones (excluding diaryl/α,β-unsaturated/α-hetero) is 1. The van der Waals surface area contributed by atoms with Crippen molar-refractivity contribution in [1.82, 2.24) is 0 Å². The second-order valence-electron chi connectivity index (χ2n) is 25.7. The number of aliphatic carboxylic acids is 3. The number of carboxylic acid groups (broad SMARTS) is 3. The molecule has 0 bridgehead atoms. The number of hydrogen-bond donors (Lipinski definition) is 5. The molecule has 8 unspecified atom stereocenters. The first-order valence-corrected chi connectivity index (χ1v) is 37.7. The van der Waals surface area contributed by atoms with Crippen LogP contribution in [0.1, 0.15) is 299 Å². The standard InChI is InChI=1S/C30H52O6.C25H40O7.C23H36O5.C2H6/c1-4-6-7-8-11-14-17-24(27(30(33)34)22-29(31)32)18-15-12-9-10-13-16-19-28(25-20-21-25)36-26(5-2)23-35-3;1-2-21(23(25(30)31)18-24(29)32-20-22(28)19-27)16-14-12-10-8-6-4-3-5-7-9-11-13-15-17-26;1-3-4-12-16-20(21-18-22(25)27-28-23(21)26)17-14-11-9-7-5-6-8-10-13-15-19(2)24;1-2/h15,18,24,26-27H,4-14,16-17,19-23H2,1-3H3,(H,31,32)(H,33,34);4,6,10,12,14,16-17,21-23,27-28H,2-3,5,7-9,11,13,15,18-20H2,1H3,(H,30,31);9,11,14,17,20-21H,3-8,10,12-13,15-16,18H2,1-2H3;1-2H3/b18-15+;6-4-,12-10-,16-14+;11-9-,17-14+;. The van der Waals surface area contributed by atoms with Crippen molar-refractivity contribution in [3.63, 3.8) is 0 Å². The molecule has 1 aliphatic heterocycles. The molecule has 1 saturated carbocycles. The number of aliphatic hydroxyl groups excluding tert-OH is 2. The molecule has 18 nitrogen and oxygen atoms in total. The van der Waals surface area contributed by atoms with Crippen molar-refractivity contribution in [2.75, 3.05) is 26.9 Å². The topological polar surface area (TPSA) is 284 Å². The zero-order chi connectivity index (χ0) is 73.2. The van der Waals surface area contributed by atoms with Crippen LogP contribution in [-0.4, -0.2) is 113 Å². The molecule has 0 spiro atoms. The molecule has 1 saturated heterocycles. The summed E-state index contributed by atoms with van der Waals surface area (Å²) < 4.78 is 16.3. The molecular weight excluding hydrogens is 1250 g/mol. The van der Waals surface area contributed by atoms with Crippen molar-refractivity contribution in [3.05, 3.63) is 84.2 Å². The van der Waals surface area contributed by atoms with Gasteiger partial charge in [-0.25, -0.2) is 19.4 Å². The largest absolute Gasteiger partial charge is 0.492 e. The molecule has 5 N–H and O–H groups in total. The third-order valence-electron chi connectivity index (χ3n) is 17.2. The van der Waals surface area contributed by atoms with Gasteiger partial charge in [0.05, 0.1) is 56.0 Å². The molecule has 0 aromatic heterocycles. The number of esters is 1. The smallest absolute Gasteiger partial charge is 0.359 e. The number of unbranched alkanes of at least 4 members (excludes halogenated alkanes) is 22. The van der Waals surface area contributed by atoms with Gasteiger partial charge in [0.1, 0.15) is 30.9 Å². The summed E-state index contributed by atoms with van der Waals surface area (Å²) in [5.41, 5.74) is 1.47. The van der Waals surface area contributed by atoms with Crippen LogP contribution in [0, 0.1) is 35.5 Å². The Balaban J connectivity index is 0. The molecule has 0 aromatic rings. The summed E-state index contributed by atoms with van der Waals surface area (Å²) in [6.45, 7) is 13.7. The summed E-state index contributed by atoms with van der Waals surface area (Å²) in [6, 6.07) is 0. The van der Waals surface area contributed by atoms with Crippen LogP contribution in [0.4, 0.5) is 0 Å². The Morgan fingerprint density at radius 2 is 1.11 bits per heavy atom. The molecule has 18 heteroatoms. The van der Waals surface area contributed by atoms with Crippen molar-refractivity contribution in [2.45, 2.75) is 311 Å². The minimum Gasteiger partial charge on any atom is -0.492 e. The van der Waals surface area contributed by atoms with E-state index >= 15 is 0 Å². The van der Waals surface area contributed by atoms with Gasteiger partial charge >= 0.3 is 35.8 Å². The average Bonchev–Trinajstić information content (AvgIpc) is 1.67. The number of carbonyl (C=O) groups is 8. The molecule has 0 aromatic carbocycles. The lowest BCUT2D eigenvalue weighted by atomic mass is 9.84. The summed E-state index contributed by atoms with van der Waals surface area (Å²) >= 11 is 0. The van der Waals surface area contributed by atoms with E-state index in [9.17, 15) is 58.8 Å². The SMILES string of the molecule is CC.CCC(/C=C/C=C\C/C=C\CCCCCCCC=O)C(CC(=O)OCC(O)CO)C(=O)O.CCCCCC(/C=C/C=C\CCCCCCCC(C)=O)C1CC(=O)OOC1=O.CCCCCCCCC(/C=C/CCCCCCC(OC(CC)COC)=C1CC1)C(CC(=O)O)C(=O)O. The van der Waals surface area contributed by atoms with Gasteiger partial charge in [-0.1, -0.05) is 224 Å². The van der Waals surface area contributed by atoms with E-state index in [0.717, 1.165) is 160 Å². The van der Waals surface area contributed by atoms with Crippen molar-refractivity contribution in [3.8, 4) is 0 Å². The first-order valence-electron chi connectivity index (χ1n) is 37.7. The van der Waals surface area contributed by atoms with Crippen LogP contribution >= 0.6 is 0 Å². The Labute approximate surface area is 591 Å². The highest BCUT2D eigenvalue weighted by Gasteiger charge is 2.37. The van der Waals surface area contributed by atoms with Gasteiger partial charge in [-0.2, -0.15) is 0 Å². The molecule has 2 rings (SSSR count). The van der Waals surface area contributed by atoms with Crippen molar-refractivity contribution < 1.29 is 87.9 Å². The maximum Gasteiger partial charge on any atom is 0.359 e. The predicted molar refractivity (Wildman–Crippen MR) is 390 cm³/mol. The Hall–Kier alpha value is -5.98. The highest BCUT2D eigenvalue weighted by atomic mass is 17.2. The Morgan fingerprint density at radius 3 is 1.68 bits per heavy atom. The van der Waals surface area contributed by atoms with Crippen molar-refractivity contribution in [2.24, 2.45) is 35.5 Å². The number of carbonyl (C=O) groups excluding carboxylic acids is 5. The summed E-state index contributed by atoms with van der Waals surface area (Å²) in [4.78, 5) is 99.9. The third-order valence-corrected chi connectivity index (χ3v) is 17.2. The third kappa shape index (κ3) is 54.9. The molecule has 1 heterocycles. The van der Waals surface area contributed by atoms with Crippen LogP contribution in [0.15, 0.2) is 84.2 Å². The number of ether oxygens (including phenoxy) is 3. The summed E-state index contributed by atoms with van der Waals surface area (Å²) in [7, 11) is 1.72. The maximum absolute atomic E-state index is 12.0. The average molecular weight is 1380 g/mol. The summed E-state index contributed by atoms with van der Waals surface area (Å²) in [6.07, 6.45) is 60.8. The van der Waals surface area contributed by atoms with E-state index in [1.54, 1.807) is 26.2 Å². The van der Waals surface area contributed by atoms with Crippen LogP contribution < -0.4 is 0 Å². The number of allylic oxidation sites excluding steroid dienone is 14. The number of rotatable bonds is 59. The van der Waals surface area contributed by atoms with Gasteiger partial charge in [-0.15, -0.1) is 0 Å². The Kier molecular flexibility index (Phi) is 64.2. The Morgan fingerprint density at radius 1 is 0.571 bits per heavy atom. The normalized spacial score (nSPS) is 15.9. The monoisotopic (exact) mass is 1380 g/mol. The van der Waals surface area contributed by atoms with E-state index in [2.05, 4.69) is 54.9 Å². The molecule has 8 atom stereocenters. The van der Waals surface area contributed by atoms with E-state index in [-0.39, 0.29) is 55.5 Å². The number of methoxy groups -OCH3 is 1. The van der Waals surface area contributed by atoms with E-state index in [1.807, 2.05) is 57.2 Å². The van der Waals surface area contributed by atoms with Crippen LogP contribution in [0.5, 0.6) is 0 Å². The van der Waals surface area contributed by atoms with Gasteiger partial charge < -0.3 is 49.3 Å². The first kappa shape index (κ1) is 94.1. The quantitative estimate of drug-likeness (QED) is 0.00719. The molecular formula is C80H134O18. The van der Waals surface area contributed by atoms with Crippen molar-refractivity contribution >= 4 is 47.9 Å². The lowest BCUT2D eigenvalue weighted by Gasteiger charge is -2.24. The molecule has 562 valence electrons. The number of hydrogen-bond acceptors (Lipinski definition) is 15. The van der Waals surface area contributed by atoms with Gasteiger partial charge in [0.15, 0.2) is 0 Å². The highest BCUT2D eigenvalue weighted by molar-refractivity contribution is 5.83. The number of ketones is 1. The lowest BCUT2D eigenvalue weighted by Crippen LogP contribution is -2.33. The zero-order valence-corrected chi connectivity index (χ0v) is 61.9. The van der Waals surface area contributed by atoms with E-state index in [4.69, 9.17) is 19.3 Å². The van der Waals surface area contributed by atoms with Crippen LogP contribution in [0.25, 0.3) is 0 Å². The fraction of sp³-hybridized carbons (Fsp3) is 0.725.